The van der Waals surface area contributed by atoms with E-state index in [4.69, 9.17) is 8.83 Å². The summed E-state index contributed by atoms with van der Waals surface area (Å²) in [4.78, 5) is 18.9. The van der Waals surface area contributed by atoms with E-state index in [1.165, 1.54) is 11.8 Å². The molecule has 0 aliphatic carbocycles. The van der Waals surface area contributed by atoms with Crippen LogP contribution in [0.25, 0.3) is 0 Å². The molecule has 6 nitrogen and oxygen atoms in total. The molecule has 0 unspecified atom stereocenters. The van der Waals surface area contributed by atoms with Crippen LogP contribution < -0.4 is 5.32 Å². The molecule has 0 radical (unpaired) electrons. The lowest BCUT2D eigenvalue weighted by Crippen LogP contribution is -2.24. The quantitative estimate of drug-likeness (QED) is 0.450. The van der Waals surface area contributed by atoms with Gasteiger partial charge in [-0.2, -0.15) is 0 Å². The summed E-state index contributed by atoms with van der Waals surface area (Å²) >= 11 is 0. The van der Waals surface area contributed by atoms with Crippen molar-refractivity contribution in [3.63, 3.8) is 0 Å². The van der Waals surface area contributed by atoms with Crippen molar-refractivity contribution < 1.29 is 13.6 Å². The van der Waals surface area contributed by atoms with Crippen molar-refractivity contribution in [1.29, 1.82) is 0 Å². The molecule has 2 heterocycles. The molecule has 4 aromatic rings. The number of nitrogens with zero attached hydrogens (tertiary/aromatic N) is 2. The van der Waals surface area contributed by atoms with Crippen LogP contribution in [0.3, 0.4) is 0 Å². The molecule has 30 heavy (non-hydrogen) atoms. The fourth-order valence-electron chi connectivity index (χ4n) is 3.18. The van der Waals surface area contributed by atoms with Crippen LogP contribution in [0.5, 0.6) is 0 Å². The number of carbonyl (C=O) groups is 1. The maximum absolute atomic E-state index is 12.4. The number of aromatic nitrogens is 1. The van der Waals surface area contributed by atoms with E-state index in [0.717, 1.165) is 11.3 Å². The van der Waals surface area contributed by atoms with E-state index in [9.17, 15) is 4.79 Å². The largest absolute Gasteiger partial charge is 0.468 e. The smallest absolute Gasteiger partial charge is 0.273 e. The monoisotopic (exact) mass is 401 g/mol. The predicted molar refractivity (Wildman–Crippen MR) is 112 cm³/mol. The number of amides is 1. The molecule has 0 fully saturated rings. The van der Waals surface area contributed by atoms with Gasteiger partial charge >= 0.3 is 0 Å². The molecule has 4 rings (SSSR count). The Kier molecular flexibility index (Phi) is 6.37. The Bertz CT molecular complexity index is 1040. The molecule has 0 atom stereocenters. The highest BCUT2D eigenvalue weighted by molar-refractivity contribution is 5.91. The van der Waals surface area contributed by atoms with Gasteiger partial charge in [0.15, 0.2) is 5.69 Å². The second-order valence-electron chi connectivity index (χ2n) is 7.00. The lowest BCUT2D eigenvalue weighted by atomic mass is 10.2. The minimum Gasteiger partial charge on any atom is -0.468 e. The van der Waals surface area contributed by atoms with Crippen LogP contribution >= 0.6 is 0 Å². The topological polar surface area (TPSA) is 71.5 Å². The van der Waals surface area contributed by atoms with Crippen LogP contribution in [-0.2, 0) is 26.2 Å². The van der Waals surface area contributed by atoms with Crippen molar-refractivity contribution in [2.75, 3.05) is 0 Å². The maximum Gasteiger partial charge on any atom is 0.273 e. The van der Waals surface area contributed by atoms with Crippen molar-refractivity contribution in [2.45, 2.75) is 26.2 Å². The summed E-state index contributed by atoms with van der Waals surface area (Å²) in [5, 5.41) is 2.87. The van der Waals surface area contributed by atoms with Gasteiger partial charge in [0.2, 0.25) is 5.89 Å². The lowest BCUT2D eigenvalue weighted by Gasteiger charge is -2.19. The van der Waals surface area contributed by atoms with Gasteiger partial charge in [-0.3, -0.25) is 9.69 Å². The number of rotatable bonds is 9. The molecule has 0 saturated heterocycles. The Morgan fingerprint density at radius 1 is 0.833 bits per heavy atom. The van der Waals surface area contributed by atoms with E-state index in [2.05, 4.69) is 27.3 Å². The summed E-state index contributed by atoms with van der Waals surface area (Å²) in [6, 6.07) is 23.7. The van der Waals surface area contributed by atoms with Crippen molar-refractivity contribution in [3.8, 4) is 0 Å². The van der Waals surface area contributed by atoms with E-state index in [1.54, 1.807) is 6.26 Å². The molecule has 0 saturated carbocycles. The van der Waals surface area contributed by atoms with Crippen LogP contribution in [-0.4, -0.2) is 15.8 Å². The number of benzene rings is 2. The first-order valence-electron chi connectivity index (χ1n) is 9.81. The molecule has 1 N–H and O–H groups in total. The SMILES string of the molecule is O=C(NCc1ccccc1)c1coc(CN(Cc2ccccc2)Cc2ccco2)n1. The standard InChI is InChI=1S/C24H23N3O3/c28-24(25-14-19-8-3-1-4-9-19)22-18-30-23(26-22)17-27(16-21-12-7-13-29-21)15-20-10-5-2-6-11-20/h1-13,18H,14-17H2,(H,25,28). The zero-order chi connectivity index (χ0) is 20.6. The van der Waals surface area contributed by atoms with Gasteiger partial charge in [-0.1, -0.05) is 60.7 Å². The Hall–Kier alpha value is -3.64. The second kappa shape index (κ2) is 9.71. The Morgan fingerprint density at radius 2 is 1.57 bits per heavy atom. The number of carbonyl (C=O) groups excluding carboxylic acids is 1. The lowest BCUT2D eigenvalue weighted by molar-refractivity contribution is 0.0945. The molecule has 0 spiro atoms. The van der Waals surface area contributed by atoms with E-state index >= 15 is 0 Å². The van der Waals surface area contributed by atoms with E-state index in [0.29, 0.717) is 32.1 Å². The summed E-state index contributed by atoms with van der Waals surface area (Å²) in [5.41, 5.74) is 2.48. The van der Waals surface area contributed by atoms with Gasteiger partial charge in [-0.05, 0) is 23.3 Å². The Morgan fingerprint density at radius 3 is 2.27 bits per heavy atom. The molecule has 0 aliphatic rings. The van der Waals surface area contributed by atoms with Crippen LogP contribution in [0.1, 0.15) is 33.3 Å². The number of furan rings is 1. The van der Waals surface area contributed by atoms with Crippen molar-refractivity contribution in [3.05, 3.63) is 114 Å². The highest BCUT2D eigenvalue weighted by atomic mass is 16.3. The van der Waals surface area contributed by atoms with Crippen molar-refractivity contribution in [1.82, 2.24) is 15.2 Å². The minimum absolute atomic E-state index is 0.255. The first kappa shape index (κ1) is 19.7. The van der Waals surface area contributed by atoms with Crippen molar-refractivity contribution >= 4 is 5.91 Å². The minimum atomic E-state index is -0.255. The molecular formula is C24H23N3O3. The van der Waals surface area contributed by atoms with Gasteiger partial charge in [0.25, 0.3) is 5.91 Å². The number of oxazole rings is 1. The molecule has 2 aromatic carbocycles. The third-order valence-electron chi connectivity index (χ3n) is 4.65. The summed E-state index contributed by atoms with van der Waals surface area (Å²) < 4.78 is 11.1. The van der Waals surface area contributed by atoms with Crippen LogP contribution in [0.4, 0.5) is 0 Å². The van der Waals surface area contributed by atoms with Crippen LogP contribution in [0.2, 0.25) is 0 Å². The maximum atomic E-state index is 12.4. The molecule has 6 heteroatoms. The molecule has 0 bridgehead atoms. The average molecular weight is 401 g/mol. The summed E-state index contributed by atoms with van der Waals surface area (Å²) in [6.45, 7) is 2.22. The Labute approximate surface area is 175 Å². The van der Waals surface area contributed by atoms with Gasteiger partial charge < -0.3 is 14.2 Å². The third kappa shape index (κ3) is 5.46. The molecule has 152 valence electrons. The van der Waals surface area contributed by atoms with Gasteiger partial charge in [0.1, 0.15) is 12.0 Å². The van der Waals surface area contributed by atoms with E-state index < -0.39 is 0 Å². The summed E-state index contributed by atoms with van der Waals surface area (Å²) in [7, 11) is 0. The average Bonchev–Trinajstić information content (AvgIpc) is 3.46. The Balaban J connectivity index is 1.40. The van der Waals surface area contributed by atoms with Crippen LogP contribution in [0, 0.1) is 0 Å². The fourth-order valence-corrected chi connectivity index (χ4v) is 3.18. The summed E-state index contributed by atoms with van der Waals surface area (Å²) in [5.74, 6) is 1.09. The van der Waals surface area contributed by atoms with Gasteiger partial charge in [-0.25, -0.2) is 4.98 Å². The second-order valence-corrected chi connectivity index (χ2v) is 7.00. The third-order valence-corrected chi connectivity index (χ3v) is 4.65. The number of hydrogen-bond acceptors (Lipinski definition) is 5. The normalized spacial score (nSPS) is 11.0. The molecule has 1 amide bonds. The van der Waals surface area contributed by atoms with Crippen molar-refractivity contribution in [2.24, 2.45) is 0 Å². The highest BCUT2D eigenvalue weighted by Gasteiger charge is 2.16. The predicted octanol–water partition coefficient (Wildman–Crippen LogP) is 4.40. The molecular weight excluding hydrogens is 378 g/mol. The molecule has 0 aliphatic heterocycles. The van der Waals surface area contributed by atoms with E-state index in [1.807, 2.05) is 60.7 Å². The van der Waals surface area contributed by atoms with Gasteiger partial charge in [0.05, 0.1) is 19.4 Å². The highest BCUT2D eigenvalue weighted by Crippen LogP contribution is 2.15. The fraction of sp³-hybridized carbons (Fsp3) is 0.167. The zero-order valence-electron chi connectivity index (χ0n) is 16.5. The van der Waals surface area contributed by atoms with E-state index in [-0.39, 0.29) is 11.6 Å². The first-order valence-corrected chi connectivity index (χ1v) is 9.81. The van der Waals surface area contributed by atoms with Crippen LogP contribution in [0.15, 0.2) is 94.2 Å². The number of hydrogen-bond donors (Lipinski definition) is 1. The zero-order valence-corrected chi connectivity index (χ0v) is 16.5. The summed E-state index contributed by atoms with van der Waals surface area (Å²) in [6.07, 6.45) is 3.07. The first-order chi connectivity index (χ1) is 14.8. The number of nitrogens with one attached hydrogen (secondary N) is 1. The van der Waals surface area contributed by atoms with Gasteiger partial charge in [0, 0.05) is 13.1 Å². The van der Waals surface area contributed by atoms with Gasteiger partial charge in [-0.15, -0.1) is 0 Å². The molecule has 2 aromatic heterocycles.